The first-order valence-electron chi connectivity index (χ1n) is 12.1. The number of benzene rings is 2. The minimum atomic E-state index is -0.177. The standard InChI is InChI=1S/C27H33N3O4S/c1-33-12-13-34-26(31)17-21-4-5-22-8-9-25(18-24(22)16-21)29-27(32)23-6-2-20(3-7-23)19-28-30-10-14-35-15-11-30/h2-3,6-9,18-19,21H,4-5,10-17H2,1H3,(H,29,32)/b28-19+. The molecule has 1 fully saturated rings. The minimum absolute atomic E-state index is 0.143. The summed E-state index contributed by atoms with van der Waals surface area (Å²) in [5.41, 5.74) is 4.81. The van der Waals surface area contributed by atoms with Gasteiger partial charge in [-0.1, -0.05) is 18.2 Å². The number of hydrogen-bond donors (Lipinski definition) is 1. The first-order valence-corrected chi connectivity index (χ1v) is 13.3. The Morgan fingerprint density at radius 3 is 2.69 bits per heavy atom. The summed E-state index contributed by atoms with van der Waals surface area (Å²) in [6.45, 7) is 2.65. The van der Waals surface area contributed by atoms with Gasteiger partial charge in [-0.05, 0) is 66.1 Å². The Hall–Kier alpha value is -2.84. The average Bonchev–Trinajstić information content (AvgIpc) is 2.88. The largest absolute Gasteiger partial charge is 0.463 e. The van der Waals surface area contributed by atoms with Crippen LogP contribution in [-0.4, -0.2) is 68.0 Å². The van der Waals surface area contributed by atoms with Crippen molar-refractivity contribution in [3.05, 3.63) is 64.7 Å². The summed E-state index contributed by atoms with van der Waals surface area (Å²) in [6, 6.07) is 13.6. The van der Waals surface area contributed by atoms with Crippen molar-refractivity contribution < 1.29 is 19.1 Å². The fraction of sp³-hybridized carbons (Fsp3) is 0.444. The lowest BCUT2D eigenvalue weighted by molar-refractivity contribution is -0.146. The van der Waals surface area contributed by atoms with E-state index in [9.17, 15) is 9.59 Å². The molecular weight excluding hydrogens is 462 g/mol. The lowest BCUT2D eigenvalue weighted by Crippen LogP contribution is -2.27. The molecule has 2 aromatic rings. The van der Waals surface area contributed by atoms with Crippen molar-refractivity contribution in [2.75, 3.05) is 50.2 Å². The van der Waals surface area contributed by atoms with Crippen LogP contribution in [0.25, 0.3) is 0 Å². The lowest BCUT2D eigenvalue weighted by atomic mass is 9.82. The molecule has 0 radical (unpaired) electrons. The van der Waals surface area contributed by atoms with Crippen LogP contribution in [0.1, 0.15) is 39.9 Å². The average molecular weight is 496 g/mol. The third-order valence-electron chi connectivity index (χ3n) is 6.33. The molecule has 1 amide bonds. The van der Waals surface area contributed by atoms with E-state index < -0.39 is 0 Å². The van der Waals surface area contributed by atoms with E-state index in [1.54, 1.807) is 7.11 Å². The van der Waals surface area contributed by atoms with Crippen molar-refractivity contribution >= 4 is 35.5 Å². The topological polar surface area (TPSA) is 80.2 Å². The number of aryl methyl sites for hydroxylation is 1. The van der Waals surface area contributed by atoms with E-state index in [1.807, 2.05) is 54.4 Å². The number of amides is 1. The second kappa shape index (κ2) is 12.7. The van der Waals surface area contributed by atoms with Gasteiger partial charge in [-0.15, -0.1) is 0 Å². The third kappa shape index (κ3) is 7.57. The molecule has 8 heteroatoms. The summed E-state index contributed by atoms with van der Waals surface area (Å²) in [7, 11) is 1.59. The molecule has 2 aliphatic rings. The number of carbonyl (C=O) groups excluding carboxylic acids is 2. The quantitative estimate of drug-likeness (QED) is 0.322. The van der Waals surface area contributed by atoms with Crippen LogP contribution in [0, 0.1) is 5.92 Å². The predicted molar refractivity (Wildman–Crippen MR) is 140 cm³/mol. The Morgan fingerprint density at radius 2 is 1.91 bits per heavy atom. The maximum absolute atomic E-state index is 12.8. The second-order valence-electron chi connectivity index (χ2n) is 8.90. The molecule has 0 spiro atoms. The smallest absolute Gasteiger partial charge is 0.306 e. The molecule has 1 aliphatic carbocycles. The molecule has 1 aliphatic heterocycles. The van der Waals surface area contributed by atoms with Gasteiger partial charge in [-0.3, -0.25) is 14.6 Å². The van der Waals surface area contributed by atoms with Crippen LogP contribution < -0.4 is 5.32 Å². The first-order chi connectivity index (χ1) is 17.1. The number of rotatable bonds is 9. The van der Waals surface area contributed by atoms with Crippen LogP contribution in [0.4, 0.5) is 5.69 Å². The highest BCUT2D eigenvalue weighted by Crippen LogP contribution is 2.30. The molecule has 0 aromatic heterocycles. The highest BCUT2D eigenvalue weighted by Gasteiger charge is 2.22. The zero-order valence-corrected chi connectivity index (χ0v) is 21.0. The Kier molecular flexibility index (Phi) is 9.20. The zero-order valence-electron chi connectivity index (χ0n) is 20.2. The summed E-state index contributed by atoms with van der Waals surface area (Å²) in [5, 5.41) is 9.64. The normalized spacial score (nSPS) is 17.7. The fourth-order valence-corrected chi connectivity index (χ4v) is 5.24. The van der Waals surface area contributed by atoms with E-state index in [0.717, 1.165) is 55.1 Å². The summed E-state index contributed by atoms with van der Waals surface area (Å²) in [4.78, 5) is 24.9. The number of nitrogens with one attached hydrogen (secondary N) is 1. The molecule has 4 rings (SSSR count). The molecule has 7 nitrogen and oxygen atoms in total. The van der Waals surface area contributed by atoms with Gasteiger partial charge in [0.2, 0.25) is 0 Å². The minimum Gasteiger partial charge on any atom is -0.463 e. The van der Waals surface area contributed by atoms with E-state index in [4.69, 9.17) is 9.47 Å². The van der Waals surface area contributed by atoms with Crippen molar-refractivity contribution in [1.29, 1.82) is 0 Å². The molecule has 1 unspecified atom stereocenters. The molecule has 1 heterocycles. The predicted octanol–water partition coefficient (Wildman–Crippen LogP) is 4.01. The number of ether oxygens (including phenoxy) is 2. The number of hydrogen-bond acceptors (Lipinski definition) is 7. The van der Waals surface area contributed by atoms with Gasteiger partial charge < -0.3 is 14.8 Å². The highest BCUT2D eigenvalue weighted by atomic mass is 32.2. The van der Waals surface area contributed by atoms with E-state index in [2.05, 4.69) is 21.5 Å². The fourth-order valence-electron chi connectivity index (χ4n) is 4.36. The Bertz CT molecular complexity index is 1040. The maximum atomic E-state index is 12.8. The molecule has 0 saturated carbocycles. The number of esters is 1. The summed E-state index contributed by atoms with van der Waals surface area (Å²) >= 11 is 1.96. The van der Waals surface area contributed by atoms with Crippen molar-refractivity contribution in [1.82, 2.24) is 5.01 Å². The van der Waals surface area contributed by atoms with Crippen LogP contribution in [-0.2, 0) is 27.1 Å². The molecule has 0 bridgehead atoms. The SMILES string of the molecule is COCCOC(=O)CC1CCc2ccc(NC(=O)c3ccc(/C=N/N4CCSCC4)cc3)cc2C1. The van der Waals surface area contributed by atoms with Gasteiger partial charge in [0.1, 0.15) is 6.61 Å². The number of anilines is 1. The molecule has 1 atom stereocenters. The second-order valence-corrected chi connectivity index (χ2v) is 10.1. The van der Waals surface area contributed by atoms with E-state index in [-0.39, 0.29) is 17.8 Å². The third-order valence-corrected chi connectivity index (χ3v) is 7.27. The molecule has 1 N–H and O–H groups in total. The first kappa shape index (κ1) is 25.3. The number of methoxy groups -OCH3 is 1. The van der Waals surface area contributed by atoms with Gasteiger partial charge in [0, 0.05) is 49.4 Å². The number of carbonyl (C=O) groups is 2. The van der Waals surface area contributed by atoms with Crippen molar-refractivity contribution in [3.63, 3.8) is 0 Å². The monoisotopic (exact) mass is 495 g/mol. The molecular formula is C27H33N3O4S. The van der Waals surface area contributed by atoms with Crippen LogP contribution in [0.2, 0.25) is 0 Å². The van der Waals surface area contributed by atoms with Gasteiger partial charge in [0.05, 0.1) is 12.8 Å². The van der Waals surface area contributed by atoms with Crippen LogP contribution >= 0.6 is 11.8 Å². The molecule has 186 valence electrons. The van der Waals surface area contributed by atoms with Crippen LogP contribution in [0.5, 0.6) is 0 Å². The van der Waals surface area contributed by atoms with E-state index in [0.29, 0.717) is 25.2 Å². The number of nitrogens with zero attached hydrogens (tertiary/aromatic N) is 2. The number of fused-ring (bicyclic) bond motifs is 1. The summed E-state index contributed by atoms with van der Waals surface area (Å²) in [5.74, 6) is 2.16. The van der Waals surface area contributed by atoms with Crippen LogP contribution in [0.15, 0.2) is 47.6 Å². The van der Waals surface area contributed by atoms with Crippen LogP contribution in [0.3, 0.4) is 0 Å². The highest BCUT2D eigenvalue weighted by molar-refractivity contribution is 7.99. The maximum Gasteiger partial charge on any atom is 0.306 e. The summed E-state index contributed by atoms with van der Waals surface area (Å²) in [6.07, 6.45) is 4.96. The van der Waals surface area contributed by atoms with Gasteiger partial charge in [0.25, 0.3) is 5.91 Å². The van der Waals surface area contributed by atoms with Crippen molar-refractivity contribution in [3.8, 4) is 0 Å². The zero-order chi connectivity index (χ0) is 24.5. The van der Waals surface area contributed by atoms with E-state index in [1.165, 1.54) is 11.1 Å². The van der Waals surface area contributed by atoms with Crippen molar-refractivity contribution in [2.24, 2.45) is 11.0 Å². The van der Waals surface area contributed by atoms with Gasteiger partial charge in [0.15, 0.2) is 0 Å². The van der Waals surface area contributed by atoms with Crippen molar-refractivity contribution in [2.45, 2.75) is 25.7 Å². The number of hydrazone groups is 1. The Labute approximate surface area is 211 Å². The molecule has 1 saturated heterocycles. The lowest BCUT2D eigenvalue weighted by Gasteiger charge is -2.24. The Balaban J connectivity index is 1.31. The van der Waals surface area contributed by atoms with E-state index >= 15 is 0 Å². The van der Waals surface area contributed by atoms with Gasteiger partial charge >= 0.3 is 5.97 Å². The van der Waals surface area contributed by atoms with Gasteiger partial charge in [-0.25, -0.2) is 0 Å². The number of thioether (sulfide) groups is 1. The summed E-state index contributed by atoms with van der Waals surface area (Å²) < 4.78 is 10.1. The Morgan fingerprint density at radius 1 is 1.11 bits per heavy atom. The molecule has 35 heavy (non-hydrogen) atoms. The molecule has 2 aromatic carbocycles. The van der Waals surface area contributed by atoms with Gasteiger partial charge in [-0.2, -0.15) is 16.9 Å².